The summed E-state index contributed by atoms with van der Waals surface area (Å²) in [5.74, 6) is -1.85. The molecule has 4 unspecified atom stereocenters. The van der Waals surface area contributed by atoms with Crippen molar-refractivity contribution in [2.75, 3.05) is 6.54 Å². The molecular formula is C21H40N2O4. The molecule has 0 saturated carbocycles. The summed E-state index contributed by atoms with van der Waals surface area (Å²) in [6.07, 6.45) is 2.03. The van der Waals surface area contributed by atoms with Crippen molar-refractivity contribution in [1.29, 1.82) is 0 Å². The van der Waals surface area contributed by atoms with E-state index in [4.69, 9.17) is 4.74 Å². The summed E-state index contributed by atoms with van der Waals surface area (Å²) < 4.78 is 6.03. The molecule has 3 fully saturated rings. The molecule has 1 N–H and O–H groups in total. The molecule has 0 spiro atoms. The molecule has 0 aromatic carbocycles. The van der Waals surface area contributed by atoms with Crippen molar-refractivity contribution in [2.24, 2.45) is 11.8 Å². The van der Waals surface area contributed by atoms with E-state index in [0.29, 0.717) is 19.4 Å². The molecule has 2 amide bonds. The predicted octanol–water partition coefficient (Wildman–Crippen LogP) is 3.38. The third-order valence-electron chi connectivity index (χ3n) is 5.71. The highest BCUT2D eigenvalue weighted by Crippen LogP contribution is 2.48. The van der Waals surface area contributed by atoms with Crippen molar-refractivity contribution < 1.29 is 19.4 Å². The van der Waals surface area contributed by atoms with Crippen LogP contribution in [0.1, 0.15) is 81.6 Å². The highest BCUT2D eigenvalue weighted by Gasteiger charge is 2.69. The zero-order valence-corrected chi connectivity index (χ0v) is 18.7. The van der Waals surface area contributed by atoms with Crippen molar-refractivity contribution in [1.82, 2.24) is 9.80 Å². The van der Waals surface area contributed by atoms with Crippen LogP contribution in [0.25, 0.3) is 0 Å². The smallest absolute Gasteiger partial charge is 0.274 e. The second kappa shape index (κ2) is 8.91. The van der Waals surface area contributed by atoms with Crippen molar-refractivity contribution in [2.45, 2.75) is 105 Å². The molecule has 3 aliphatic rings. The number of rotatable bonds is 3. The molecular weight excluding hydrogens is 344 g/mol. The van der Waals surface area contributed by atoms with Crippen LogP contribution in [0.3, 0.4) is 0 Å². The molecule has 0 bridgehead atoms. The normalized spacial score (nSPS) is 34.8. The maximum atomic E-state index is 13.1. The van der Waals surface area contributed by atoms with Gasteiger partial charge < -0.3 is 14.7 Å². The first-order valence-corrected chi connectivity index (χ1v) is 10.7. The number of amides is 2. The van der Waals surface area contributed by atoms with Crippen LogP contribution < -0.4 is 0 Å². The standard InChI is InChI=1S/C17H28N2O4.2C2H6/c1-10(2)9-12-14(20)18-8-6-7-13(18)17(22)19(12)15(21)16(5,23-17)11(3)4;2*1-2/h10-13,22H,6-9H2,1-5H3;2*1-2H3. The van der Waals surface area contributed by atoms with Crippen LogP contribution in [0.15, 0.2) is 0 Å². The number of carbonyl (C=O) groups excluding carboxylic acids is 2. The van der Waals surface area contributed by atoms with Gasteiger partial charge in [0.2, 0.25) is 5.91 Å². The second-order valence-corrected chi connectivity index (χ2v) is 8.03. The van der Waals surface area contributed by atoms with E-state index in [-0.39, 0.29) is 23.7 Å². The van der Waals surface area contributed by atoms with E-state index in [1.165, 1.54) is 4.90 Å². The Kier molecular flexibility index (Phi) is 7.88. The minimum absolute atomic E-state index is 0.0455. The summed E-state index contributed by atoms with van der Waals surface area (Å²) in [4.78, 5) is 29.1. The van der Waals surface area contributed by atoms with Crippen LogP contribution >= 0.6 is 0 Å². The molecule has 0 aliphatic carbocycles. The summed E-state index contributed by atoms with van der Waals surface area (Å²) in [5.41, 5.74) is -1.09. The van der Waals surface area contributed by atoms with E-state index in [0.717, 1.165) is 6.42 Å². The molecule has 6 nitrogen and oxygen atoms in total. The number of ether oxygens (including phenoxy) is 1. The largest absolute Gasteiger partial charge is 0.347 e. The first-order valence-electron chi connectivity index (χ1n) is 10.7. The van der Waals surface area contributed by atoms with E-state index in [1.54, 1.807) is 11.8 Å². The molecule has 6 heteroatoms. The van der Waals surface area contributed by atoms with Gasteiger partial charge in [0.05, 0.1) is 0 Å². The Labute approximate surface area is 165 Å². The minimum atomic E-state index is -1.69. The zero-order chi connectivity index (χ0) is 21.2. The fraction of sp³-hybridized carbons (Fsp3) is 0.905. The monoisotopic (exact) mass is 384 g/mol. The van der Waals surface area contributed by atoms with Crippen molar-refractivity contribution in [3.63, 3.8) is 0 Å². The quantitative estimate of drug-likeness (QED) is 0.810. The van der Waals surface area contributed by atoms with Gasteiger partial charge in [-0.15, -0.1) is 0 Å². The molecule has 3 saturated heterocycles. The maximum absolute atomic E-state index is 13.1. The topological polar surface area (TPSA) is 70.1 Å². The molecule has 3 heterocycles. The number of hydrogen-bond donors (Lipinski definition) is 1. The Bertz CT molecular complexity index is 536. The van der Waals surface area contributed by atoms with Gasteiger partial charge in [0.15, 0.2) is 5.60 Å². The molecule has 0 aromatic heterocycles. The lowest BCUT2D eigenvalue weighted by atomic mass is 9.90. The van der Waals surface area contributed by atoms with Gasteiger partial charge in [-0.1, -0.05) is 55.4 Å². The Morgan fingerprint density at radius 3 is 2.19 bits per heavy atom. The summed E-state index contributed by atoms with van der Waals surface area (Å²) in [6, 6.07) is -1.09. The fourth-order valence-electron chi connectivity index (χ4n) is 4.12. The van der Waals surface area contributed by atoms with Gasteiger partial charge in [-0.25, -0.2) is 0 Å². The zero-order valence-electron chi connectivity index (χ0n) is 18.7. The Balaban J connectivity index is 0.000000855. The summed E-state index contributed by atoms with van der Waals surface area (Å²) in [7, 11) is 0. The summed E-state index contributed by atoms with van der Waals surface area (Å²) in [5, 5.41) is 11.3. The van der Waals surface area contributed by atoms with Crippen LogP contribution in [-0.4, -0.2) is 56.9 Å². The van der Waals surface area contributed by atoms with Gasteiger partial charge >= 0.3 is 0 Å². The third-order valence-corrected chi connectivity index (χ3v) is 5.71. The number of piperazine rings is 1. The highest BCUT2D eigenvalue weighted by molar-refractivity contribution is 5.95. The van der Waals surface area contributed by atoms with Gasteiger partial charge in [-0.2, -0.15) is 0 Å². The third kappa shape index (κ3) is 3.75. The molecule has 0 radical (unpaired) electrons. The lowest BCUT2D eigenvalue weighted by Crippen LogP contribution is -2.71. The number of carbonyl (C=O) groups is 2. The van der Waals surface area contributed by atoms with Crippen LogP contribution in [-0.2, 0) is 14.3 Å². The highest BCUT2D eigenvalue weighted by atomic mass is 16.7. The Morgan fingerprint density at radius 2 is 1.70 bits per heavy atom. The molecule has 27 heavy (non-hydrogen) atoms. The van der Waals surface area contributed by atoms with E-state index >= 15 is 0 Å². The Morgan fingerprint density at radius 1 is 1.15 bits per heavy atom. The Hall–Kier alpha value is -1.14. The lowest BCUT2D eigenvalue weighted by molar-refractivity contribution is -0.317. The molecule has 3 rings (SSSR count). The van der Waals surface area contributed by atoms with Crippen molar-refractivity contribution in [3.8, 4) is 0 Å². The SMILES string of the molecule is CC.CC.CC(C)CC1C(=O)N2CCCC2C2(O)OC(C)(C(C)C)C(=O)N12. The lowest BCUT2D eigenvalue weighted by Gasteiger charge is -2.49. The fourth-order valence-corrected chi connectivity index (χ4v) is 4.12. The maximum Gasteiger partial charge on any atom is 0.274 e. The average Bonchev–Trinajstić information content (AvgIpc) is 3.20. The molecule has 0 aromatic rings. The first-order chi connectivity index (χ1) is 12.6. The first kappa shape index (κ1) is 23.9. The summed E-state index contributed by atoms with van der Waals surface area (Å²) in [6.45, 7) is 18.2. The number of nitrogens with zero attached hydrogens (tertiary/aromatic N) is 2. The number of aliphatic hydroxyl groups is 1. The predicted molar refractivity (Wildman–Crippen MR) is 107 cm³/mol. The van der Waals surface area contributed by atoms with Crippen LogP contribution in [0, 0.1) is 11.8 Å². The second-order valence-electron chi connectivity index (χ2n) is 8.03. The van der Waals surface area contributed by atoms with Gasteiger partial charge in [-0.05, 0) is 38.0 Å². The average molecular weight is 385 g/mol. The molecule has 4 atom stereocenters. The summed E-state index contributed by atoms with van der Waals surface area (Å²) >= 11 is 0. The van der Waals surface area contributed by atoms with E-state index in [1.807, 2.05) is 55.4 Å². The van der Waals surface area contributed by atoms with E-state index in [9.17, 15) is 14.7 Å². The minimum Gasteiger partial charge on any atom is -0.347 e. The van der Waals surface area contributed by atoms with Gasteiger partial charge in [0.1, 0.15) is 12.1 Å². The van der Waals surface area contributed by atoms with Crippen LogP contribution in [0.5, 0.6) is 0 Å². The number of hydrogen-bond acceptors (Lipinski definition) is 4. The van der Waals surface area contributed by atoms with Gasteiger partial charge in [-0.3, -0.25) is 14.5 Å². The van der Waals surface area contributed by atoms with Crippen molar-refractivity contribution in [3.05, 3.63) is 0 Å². The van der Waals surface area contributed by atoms with E-state index in [2.05, 4.69) is 0 Å². The van der Waals surface area contributed by atoms with Gasteiger partial charge in [0.25, 0.3) is 11.8 Å². The van der Waals surface area contributed by atoms with Gasteiger partial charge in [0, 0.05) is 6.54 Å². The van der Waals surface area contributed by atoms with Crippen molar-refractivity contribution >= 4 is 11.8 Å². The molecule has 3 aliphatic heterocycles. The van der Waals surface area contributed by atoms with Crippen LogP contribution in [0.2, 0.25) is 0 Å². The van der Waals surface area contributed by atoms with E-state index < -0.39 is 23.6 Å². The van der Waals surface area contributed by atoms with Crippen LogP contribution in [0.4, 0.5) is 0 Å². The number of fused-ring (bicyclic) bond motifs is 3. The molecule has 158 valence electrons.